The monoisotopic (exact) mass is 193 g/mol. The van der Waals surface area contributed by atoms with Gasteiger partial charge < -0.3 is 5.73 Å². The van der Waals surface area contributed by atoms with E-state index < -0.39 is 6.04 Å². The predicted octanol–water partition coefficient (Wildman–Crippen LogP) is 1.18. The number of aromatic nitrogens is 2. The molecule has 1 atom stereocenters. The van der Waals surface area contributed by atoms with Crippen molar-refractivity contribution >= 4 is 5.78 Å². The molecule has 4 nitrogen and oxygen atoms in total. The topological polar surface area (TPSA) is 68.9 Å². The number of unbranched alkanes of at least 4 members (excludes halogenated alkanes) is 1. The van der Waals surface area contributed by atoms with Crippen molar-refractivity contribution in [1.29, 1.82) is 0 Å². The Bertz CT molecular complexity index is 287. The molecule has 14 heavy (non-hydrogen) atoms. The SMILES string of the molecule is CCCCC(N)C(=O)c1cnccn1. The second-order valence-electron chi connectivity index (χ2n) is 3.20. The summed E-state index contributed by atoms with van der Waals surface area (Å²) >= 11 is 0. The predicted molar refractivity (Wildman–Crippen MR) is 53.9 cm³/mol. The van der Waals surface area contributed by atoms with E-state index in [1.54, 1.807) is 0 Å². The molecule has 1 unspecified atom stereocenters. The van der Waals surface area contributed by atoms with Gasteiger partial charge in [-0.05, 0) is 6.42 Å². The van der Waals surface area contributed by atoms with Crippen LogP contribution in [0.5, 0.6) is 0 Å². The Labute approximate surface area is 83.6 Å². The molecule has 0 aromatic carbocycles. The first-order valence-electron chi connectivity index (χ1n) is 4.81. The van der Waals surface area contributed by atoms with Crippen LogP contribution in [-0.2, 0) is 0 Å². The third-order valence-electron chi connectivity index (χ3n) is 2.02. The average molecular weight is 193 g/mol. The molecule has 0 fully saturated rings. The molecule has 0 radical (unpaired) electrons. The van der Waals surface area contributed by atoms with Crippen LogP contribution in [0.25, 0.3) is 0 Å². The Hall–Kier alpha value is -1.29. The molecule has 0 aliphatic heterocycles. The first-order chi connectivity index (χ1) is 6.75. The molecule has 0 spiro atoms. The minimum Gasteiger partial charge on any atom is -0.321 e. The van der Waals surface area contributed by atoms with Gasteiger partial charge in [-0.25, -0.2) is 4.98 Å². The average Bonchev–Trinajstić information content (AvgIpc) is 2.26. The van der Waals surface area contributed by atoms with E-state index in [-0.39, 0.29) is 5.78 Å². The number of Topliss-reactive ketones (excluding diaryl/α,β-unsaturated/α-hetero) is 1. The van der Waals surface area contributed by atoms with Crippen molar-refractivity contribution in [3.05, 3.63) is 24.3 Å². The zero-order valence-corrected chi connectivity index (χ0v) is 8.31. The van der Waals surface area contributed by atoms with Gasteiger partial charge in [0.05, 0.1) is 12.2 Å². The Morgan fingerprint density at radius 3 is 2.93 bits per heavy atom. The van der Waals surface area contributed by atoms with Crippen molar-refractivity contribution in [2.75, 3.05) is 0 Å². The lowest BCUT2D eigenvalue weighted by Crippen LogP contribution is -2.31. The van der Waals surface area contributed by atoms with Gasteiger partial charge in [-0.15, -0.1) is 0 Å². The third-order valence-corrected chi connectivity index (χ3v) is 2.02. The van der Waals surface area contributed by atoms with Crippen LogP contribution in [0.1, 0.15) is 36.7 Å². The van der Waals surface area contributed by atoms with Crippen LogP contribution < -0.4 is 5.73 Å². The normalized spacial score (nSPS) is 12.4. The summed E-state index contributed by atoms with van der Waals surface area (Å²) in [5, 5.41) is 0. The number of ketones is 1. The number of nitrogens with zero attached hydrogens (tertiary/aromatic N) is 2. The Morgan fingerprint density at radius 2 is 2.36 bits per heavy atom. The standard InChI is InChI=1S/C10H15N3O/c1-2-3-4-8(11)10(14)9-7-12-5-6-13-9/h5-8H,2-4,11H2,1H3. The van der Waals surface area contributed by atoms with Crippen molar-refractivity contribution in [3.8, 4) is 0 Å². The van der Waals surface area contributed by atoms with E-state index in [2.05, 4.69) is 16.9 Å². The van der Waals surface area contributed by atoms with Gasteiger partial charge in [-0.1, -0.05) is 19.8 Å². The summed E-state index contributed by atoms with van der Waals surface area (Å²) in [5.74, 6) is -0.119. The second-order valence-corrected chi connectivity index (χ2v) is 3.20. The van der Waals surface area contributed by atoms with E-state index in [9.17, 15) is 4.79 Å². The molecular weight excluding hydrogens is 178 g/mol. The van der Waals surface area contributed by atoms with Gasteiger partial charge in [-0.3, -0.25) is 9.78 Å². The van der Waals surface area contributed by atoms with Gasteiger partial charge in [0.1, 0.15) is 5.69 Å². The Morgan fingerprint density at radius 1 is 1.57 bits per heavy atom. The Balaban J connectivity index is 2.57. The summed E-state index contributed by atoms with van der Waals surface area (Å²) in [6, 6.07) is -0.438. The highest BCUT2D eigenvalue weighted by Gasteiger charge is 2.15. The summed E-state index contributed by atoms with van der Waals surface area (Å²) < 4.78 is 0. The first-order valence-corrected chi connectivity index (χ1v) is 4.81. The number of nitrogens with two attached hydrogens (primary N) is 1. The summed E-state index contributed by atoms with van der Waals surface area (Å²) in [6.07, 6.45) is 7.21. The number of hydrogen-bond donors (Lipinski definition) is 1. The highest BCUT2D eigenvalue weighted by atomic mass is 16.1. The van der Waals surface area contributed by atoms with Gasteiger partial charge in [0.25, 0.3) is 0 Å². The molecule has 0 aliphatic rings. The van der Waals surface area contributed by atoms with Gasteiger partial charge in [0.15, 0.2) is 5.78 Å². The van der Waals surface area contributed by atoms with Crippen LogP contribution in [0.3, 0.4) is 0 Å². The van der Waals surface area contributed by atoms with Crippen molar-refractivity contribution in [2.24, 2.45) is 5.73 Å². The number of hydrogen-bond acceptors (Lipinski definition) is 4. The second kappa shape index (κ2) is 5.44. The molecule has 0 saturated heterocycles. The van der Waals surface area contributed by atoms with Crippen LogP contribution >= 0.6 is 0 Å². The quantitative estimate of drug-likeness (QED) is 0.713. The highest BCUT2D eigenvalue weighted by molar-refractivity contribution is 5.97. The van der Waals surface area contributed by atoms with E-state index >= 15 is 0 Å². The van der Waals surface area contributed by atoms with Crippen molar-refractivity contribution in [2.45, 2.75) is 32.2 Å². The summed E-state index contributed by atoms with van der Waals surface area (Å²) in [7, 11) is 0. The molecule has 1 aromatic heterocycles. The smallest absolute Gasteiger partial charge is 0.199 e. The molecule has 4 heteroatoms. The van der Waals surface area contributed by atoms with E-state index in [1.807, 2.05) is 0 Å². The van der Waals surface area contributed by atoms with Gasteiger partial charge in [0.2, 0.25) is 0 Å². The fraction of sp³-hybridized carbons (Fsp3) is 0.500. The molecule has 0 amide bonds. The van der Waals surface area contributed by atoms with Gasteiger partial charge >= 0.3 is 0 Å². The number of carbonyl (C=O) groups excluding carboxylic acids is 1. The lowest BCUT2D eigenvalue weighted by atomic mass is 10.0. The van der Waals surface area contributed by atoms with E-state index in [1.165, 1.54) is 18.6 Å². The molecule has 1 rings (SSSR count). The molecule has 2 N–H and O–H groups in total. The zero-order chi connectivity index (χ0) is 10.4. The number of carbonyl (C=O) groups is 1. The van der Waals surface area contributed by atoms with Crippen LogP contribution in [-0.4, -0.2) is 21.8 Å². The minimum atomic E-state index is -0.438. The lowest BCUT2D eigenvalue weighted by molar-refractivity contribution is 0.0951. The van der Waals surface area contributed by atoms with E-state index in [4.69, 9.17) is 5.73 Å². The summed E-state index contributed by atoms with van der Waals surface area (Å²) in [5.41, 5.74) is 6.08. The maximum Gasteiger partial charge on any atom is 0.199 e. The summed E-state index contributed by atoms with van der Waals surface area (Å²) in [6.45, 7) is 2.07. The highest BCUT2D eigenvalue weighted by Crippen LogP contribution is 2.03. The lowest BCUT2D eigenvalue weighted by Gasteiger charge is -2.08. The van der Waals surface area contributed by atoms with Crippen LogP contribution in [0, 0.1) is 0 Å². The van der Waals surface area contributed by atoms with Crippen molar-refractivity contribution < 1.29 is 4.79 Å². The fourth-order valence-corrected chi connectivity index (χ4v) is 1.17. The van der Waals surface area contributed by atoms with Crippen LogP contribution in [0.4, 0.5) is 0 Å². The van der Waals surface area contributed by atoms with Gasteiger partial charge in [-0.2, -0.15) is 0 Å². The van der Waals surface area contributed by atoms with Gasteiger partial charge in [0, 0.05) is 12.4 Å². The zero-order valence-electron chi connectivity index (χ0n) is 8.31. The maximum atomic E-state index is 11.6. The molecule has 1 aromatic rings. The van der Waals surface area contributed by atoms with Crippen LogP contribution in [0.2, 0.25) is 0 Å². The molecular formula is C10H15N3O. The minimum absolute atomic E-state index is 0.119. The molecule has 0 bridgehead atoms. The molecule has 0 aliphatic carbocycles. The molecule has 0 saturated carbocycles. The molecule has 76 valence electrons. The molecule has 1 heterocycles. The van der Waals surface area contributed by atoms with E-state index in [0.717, 1.165) is 12.8 Å². The maximum absolute atomic E-state index is 11.6. The van der Waals surface area contributed by atoms with Crippen molar-refractivity contribution in [1.82, 2.24) is 9.97 Å². The first kappa shape index (κ1) is 10.8. The van der Waals surface area contributed by atoms with Crippen LogP contribution in [0.15, 0.2) is 18.6 Å². The van der Waals surface area contributed by atoms with Crippen molar-refractivity contribution in [3.63, 3.8) is 0 Å². The largest absolute Gasteiger partial charge is 0.321 e. The number of rotatable bonds is 5. The van der Waals surface area contributed by atoms with E-state index in [0.29, 0.717) is 12.1 Å². The summed E-state index contributed by atoms with van der Waals surface area (Å²) in [4.78, 5) is 19.4. The third kappa shape index (κ3) is 2.88. The fourth-order valence-electron chi connectivity index (χ4n) is 1.17. The Kier molecular flexibility index (Phi) is 4.19.